The Bertz CT molecular complexity index is 1120. The fraction of sp³-hybridized carbons (Fsp3) is 0.148. The van der Waals surface area contributed by atoms with Crippen LogP contribution in [0.1, 0.15) is 37.5 Å². The molecule has 2 nitrogen and oxygen atoms in total. The van der Waals surface area contributed by atoms with Crippen molar-refractivity contribution in [3.05, 3.63) is 112 Å². The first kappa shape index (κ1) is 20.2. The Kier molecular flexibility index (Phi) is 5.36. The number of carbonyl (C=O) groups is 1. The molecule has 0 spiro atoms. The van der Waals surface area contributed by atoms with Crippen LogP contribution in [0.4, 0.5) is 5.69 Å². The zero-order valence-electron chi connectivity index (χ0n) is 17.4. The van der Waals surface area contributed by atoms with Crippen LogP contribution in [0.2, 0.25) is 5.02 Å². The fourth-order valence-corrected chi connectivity index (χ4v) is 3.67. The van der Waals surface area contributed by atoms with E-state index < -0.39 is 0 Å². The fourth-order valence-electron chi connectivity index (χ4n) is 3.54. The summed E-state index contributed by atoms with van der Waals surface area (Å²) in [6.45, 7) is 6.55. The molecule has 0 radical (unpaired) electrons. The Morgan fingerprint density at radius 3 is 2.07 bits per heavy atom. The minimum Gasteiger partial charge on any atom is -0.276 e. The minimum atomic E-state index is -0.0349. The number of anilines is 1. The predicted molar refractivity (Wildman–Crippen MR) is 126 cm³/mol. The molecule has 0 fully saturated rings. The molecule has 0 bridgehead atoms. The summed E-state index contributed by atoms with van der Waals surface area (Å²) in [5, 5.41) is 0.671. The molecular formula is C27H24ClNO. The van der Waals surface area contributed by atoms with Crippen molar-refractivity contribution in [2.75, 3.05) is 4.90 Å². The Morgan fingerprint density at radius 2 is 1.47 bits per heavy atom. The van der Waals surface area contributed by atoms with Gasteiger partial charge in [0.2, 0.25) is 0 Å². The van der Waals surface area contributed by atoms with Crippen LogP contribution in [0.5, 0.6) is 0 Å². The summed E-state index contributed by atoms with van der Waals surface area (Å²) in [6, 6.07) is 25.7. The zero-order valence-corrected chi connectivity index (χ0v) is 18.1. The Morgan fingerprint density at radius 1 is 0.833 bits per heavy atom. The number of rotatable bonds is 3. The van der Waals surface area contributed by atoms with Crippen molar-refractivity contribution in [3.63, 3.8) is 0 Å². The topological polar surface area (TPSA) is 20.3 Å². The molecule has 0 unspecified atom stereocenters. The summed E-state index contributed by atoms with van der Waals surface area (Å²) in [7, 11) is 0. The van der Waals surface area contributed by atoms with Crippen molar-refractivity contribution < 1.29 is 4.79 Å². The highest BCUT2D eigenvalue weighted by atomic mass is 35.5. The minimum absolute atomic E-state index is 0.0349. The average Bonchev–Trinajstić information content (AvgIpc) is 3.05. The standard InChI is InChI=1S/C27H24ClNO/c1-27(2,3)22-11-15-24(16-12-22)29-25(20-9-13-23(28)14-10-20)18-21(26(29)30)17-19-7-5-4-6-8-19/h4-18H,1-3H3/b21-17+. The van der Waals surface area contributed by atoms with Gasteiger partial charge in [0.15, 0.2) is 0 Å². The van der Waals surface area contributed by atoms with E-state index in [0.717, 1.165) is 22.5 Å². The number of nitrogens with zero attached hydrogens (tertiary/aromatic N) is 1. The lowest BCUT2D eigenvalue weighted by molar-refractivity contribution is -0.113. The van der Waals surface area contributed by atoms with Gasteiger partial charge in [0, 0.05) is 16.3 Å². The van der Waals surface area contributed by atoms with Crippen LogP contribution in [0, 0.1) is 0 Å². The SMILES string of the molecule is CC(C)(C)c1ccc(N2C(=O)/C(=C/c3ccccc3)C=C2c2ccc(Cl)cc2)cc1. The van der Waals surface area contributed by atoms with Crippen LogP contribution >= 0.6 is 11.6 Å². The first-order valence-electron chi connectivity index (χ1n) is 10.0. The van der Waals surface area contributed by atoms with E-state index in [1.807, 2.05) is 78.9 Å². The molecule has 150 valence electrons. The summed E-state index contributed by atoms with van der Waals surface area (Å²) in [5.41, 5.74) is 5.59. The van der Waals surface area contributed by atoms with Crippen LogP contribution in [0.3, 0.4) is 0 Å². The van der Waals surface area contributed by atoms with Gasteiger partial charge in [0.1, 0.15) is 0 Å². The molecular weight excluding hydrogens is 390 g/mol. The number of hydrogen-bond acceptors (Lipinski definition) is 1. The van der Waals surface area contributed by atoms with E-state index in [2.05, 4.69) is 32.9 Å². The first-order chi connectivity index (χ1) is 14.3. The van der Waals surface area contributed by atoms with Gasteiger partial charge in [0.05, 0.1) is 5.70 Å². The van der Waals surface area contributed by atoms with Crippen LogP contribution in [-0.2, 0) is 10.2 Å². The zero-order chi connectivity index (χ0) is 21.3. The van der Waals surface area contributed by atoms with Crippen LogP contribution in [-0.4, -0.2) is 5.91 Å². The van der Waals surface area contributed by atoms with Crippen LogP contribution in [0.15, 0.2) is 90.5 Å². The maximum absolute atomic E-state index is 13.4. The van der Waals surface area contributed by atoms with E-state index in [9.17, 15) is 4.79 Å². The number of benzene rings is 3. The van der Waals surface area contributed by atoms with E-state index in [1.54, 1.807) is 4.90 Å². The van der Waals surface area contributed by atoms with Crippen molar-refractivity contribution >= 4 is 35.0 Å². The Labute approximate surface area is 183 Å². The summed E-state index contributed by atoms with van der Waals surface area (Å²) >= 11 is 6.09. The summed E-state index contributed by atoms with van der Waals surface area (Å²) < 4.78 is 0. The molecule has 0 aromatic heterocycles. The van der Waals surface area contributed by atoms with Gasteiger partial charge >= 0.3 is 0 Å². The van der Waals surface area contributed by atoms with E-state index >= 15 is 0 Å². The molecule has 1 aliphatic rings. The second-order valence-corrected chi connectivity index (χ2v) is 8.92. The van der Waals surface area contributed by atoms with Gasteiger partial charge in [-0.1, -0.05) is 87.0 Å². The number of carbonyl (C=O) groups excluding carboxylic acids is 1. The molecule has 4 rings (SSSR count). The second kappa shape index (κ2) is 7.97. The van der Waals surface area contributed by atoms with E-state index in [1.165, 1.54) is 5.56 Å². The third-order valence-corrected chi connectivity index (χ3v) is 5.49. The predicted octanol–water partition coefficient (Wildman–Crippen LogP) is 7.11. The maximum atomic E-state index is 13.4. The molecule has 0 saturated heterocycles. The van der Waals surface area contributed by atoms with Crippen LogP contribution in [0.25, 0.3) is 11.8 Å². The van der Waals surface area contributed by atoms with Gasteiger partial charge in [-0.15, -0.1) is 0 Å². The highest BCUT2D eigenvalue weighted by Gasteiger charge is 2.30. The summed E-state index contributed by atoms with van der Waals surface area (Å²) in [5.74, 6) is -0.0349. The summed E-state index contributed by atoms with van der Waals surface area (Å²) in [4.78, 5) is 15.2. The van der Waals surface area contributed by atoms with Gasteiger partial charge in [-0.25, -0.2) is 0 Å². The largest absolute Gasteiger partial charge is 0.276 e. The molecule has 1 aliphatic heterocycles. The quantitative estimate of drug-likeness (QED) is 0.419. The van der Waals surface area contributed by atoms with Gasteiger partial charge in [-0.2, -0.15) is 0 Å². The van der Waals surface area contributed by atoms with Crippen molar-refractivity contribution in [1.82, 2.24) is 0 Å². The van der Waals surface area contributed by atoms with Gasteiger partial charge < -0.3 is 0 Å². The van der Waals surface area contributed by atoms with Crippen molar-refractivity contribution in [3.8, 4) is 0 Å². The Hall–Kier alpha value is -3.10. The molecule has 3 heteroatoms. The molecule has 3 aromatic rings. The van der Waals surface area contributed by atoms with Crippen molar-refractivity contribution in [2.24, 2.45) is 0 Å². The van der Waals surface area contributed by atoms with Gasteiger partial charge in [0.25, 0.3) is 5.91 Å². The number of hydrogen-bond donors (Lipinski definition) is 0. The van der Waals surface area contributed by atoms with E-state index in [4.69, 9.17) is 11.6 Å². The second-order valence-electron chi connectivity index (χ2n) is 8.48. The Balaban J connectivity index is 1.79. The smallest absolute Gasteiger partial charge is 0.262 e. The lowest BCUT2D eigenvalue weighted by Crippen LogP contribution is -2.25. The lowest BCUT2D eigenvalue weighted by atomic mass is 9.87. The molecule has 1 amide bonds. The molecule has 0 atom stereocenters. The van der Waals surface area contributed by atoms with Crippen molar-refractivity contribution in [1.29, 1.82) is 0 Å². The molecule has 0 saturated carbocycles. The monoisotopic (exact) mass is 413 g/mol. The van der Waals surface area contributed by atoms with E-state index in [-0.39, 0.29) is 11.3 Å². The maximum Gasteiger partial charge on any atom is 0.262 e. The first-order valence-corrected chi connectivity index (χ1v) is 10.4. The van der Waals surface area contributed by atoms with Crippen LogP contribution < -0.4 is 4.90 Å². The highest BCUT2D eigenvalue weighted by molar-refractivity contribution is 6.30. The average molecular weight is 414 g/mol. The number of amides is 1. The third kappa shape index (κ3) is 4.10. The highest BCUT2D eigenvalue weighted by Crippen LogP contribution is 2.36. The molecule has 0 aliphatic carbocycles. The summed E-state index contributed by atoms with van der Waals surface area (Å²) in [6.07, 6.45) is 3.89. The van der Waals surface area contributed by atoms with Gasteiger partial charge in [-0.05, 0) is 58.5 Å². The third-order valence-electron chi connectivity index (χ3n) is 5.24. The molecule has 30 heavy (non-hydrogen) atoms. The lowest BCUT2D eigenvalue weighted by Gasteiger charge is -2.23. The van der Waals surface area contributed by atoms with Crippen molar-refractivity contribution in [2.45, 2.75) is 26.2 Å². The normalized spacial score (nSPS) is 15.6. The molecule has 3 aromatic carbocycles. The van der Waals surface area contributed by atoms with E-state index in [0.29, 0.717) is 10.6 Å². The van der Waals surface area contributed by atoms with Gasteiger partial charge in [-0.3, -0.25) is 9.69 Å². The molecule has 1 heterocycles. The number of halogens is 1. The molecule has 0 N–H and O–H groups in total.